The number of ether oxygens (including phenoxy) is 1. The van der Waals surface area contributed by atoms with Crippen LogP contribution in [0.25, 0.3) is 0 Å². The lowest BCUT2D eigenvalue weighted by molar-refractivity contribution is -0.202. The molecule has 3 saturated carbocycles. The van der Waals surface area contributed by atoms with Gasteiger partial charge in [-0.05, 0) is 50.9 Å². The van der Waals surface area contributed by atoms with E-state index >= 15 is 0 Å². The third-order valence-electron chi connectivity index (χ3n) is 8.23. The molecular weight excluding hydrogens is 288 g/mol. The van der Waals surface area contributed by atoms with Gasteiger partial charge in [-0.3, -0.25) is 9.59 Å². The van der Waals surface area contributed by atoms with Crippen molar-refractivity contribution in [2.75, 3.05) is 0 Å². The lowest BCUT2D eigenvalue weighted by Gasteiger charge is -2.61. The summed E-state index contributed by atoms with van der Waals surface area (Å²) in [5.74, 6) is 0.390. The first kappa shape index (κ1) is 15.4. The van der Waals surface area contributed by atoms with E-state index in [2.05, 4.69) is 20.4 Å². The molecule has 3 nitrogen and oxygen atoms in total. The fourth-order valence-electron chi connectivity index (χ4n) is 6.44. The lowest BCUT2D eigenvalue weighted by Crippen LogP contribution is -2.65. The summed E-state index contributed by atoms with van der Waals surface area (Å²) in [7, 11) is 0. The highest BCUT2D eigenvalue weighted by molar-refractivity contribution is 5.89. The summed E-state index contributed by atoms with van der Waals surface area (Å²) in [6.07, 6.45) is 8.22. The van der Waals surface area contributed by atoms with Crippen molar-refractivity contribution in [3.05, 3.63) is 12.7 Å². The van der Waals surface area contributed by atoms with Crippen LogP contribution in [0.3, 0.4) is 0 Å². The van der Waals surface area contributed by atoms with Gasteiger partial charge >= 0.3 is 5.97 Å². The number of ketones is 1. The molecule has 2 bridgehead atoms. The maximum Gasteiger partial charge on any atom is 0.312 e. The topological polar surface area (TPSA) is 43.4 Å². The monoisotopic (exact) mass is 316 g/mol. The second kappa shape index (κ2) is 4.29. The van der Waals surface area contributed by atoms with Crippen LogP contribution in [0, 0.1) is 28.1 Å². The van der Waals surface area contributed by atoms with Gasteiger partial charge in [0.2, 0.25) is 0 Å². The molecule has 4 aliphatic rings. The van der Waals surface area contributed by atoms with Crippen molar-refractivity contribution < 1.29 is 14.3 Å². The second-order valence-electron chi connectivity index (χ2n) is 9.31. The summed E-state index contributed by atoms with van der Waals surface area (Å²) in [4.78, 5) is 25.8. The SMILES string of the molecule is C=C[C@]1(C)CC[C@]2(C)[C@H](C1)C(=O)C[C@H]1[C@]3(C)CCC[C@@]12OC3=O. The largest absolute Gasteiger partial charge is 0.458 e. The Bertz CT molecular complexity index is 610. The van der Waals surface area contributed by atoms with Gasteiger partial charge in [0, 0.05) is 23.7 Å². The molecule has 4 rings (SSSR count). The van der Waals surface area contributed by atoms with E-state index in [4.69, 9.17) is 4.74 Å². The Morgan fingerprint density at radius 3 is 2.57 bits per heavy atom. The van der Waals surface area contributed by atoms with Crippen molar-refractivity contribution in [3.63, 3.8) is 0 Å². The van der Waals surface area contributed by atoms with Crippen LogP contribution in [0.1, 0.15) is 65.7 Å². The van der Waals surface area contributed by atoms with Gasteiger partial charge in [0.25, 0.3) is 0 Å². The van der Waals surface area contributed by atoms with Gasteiger partial charge in [0.15, 0.2) is 0 Å². The highest BCUT2D eigenvalue weighted by Crippen LogP contribution is 2.70. The van der Waals surface area contributed by atoms with Gasteiger partial charge in [-0.1, -0.05) is 19.9 Å². The average Bonchev–Trinajstić information content (AvgIpc) is 2.64. The molecule has 4 fully saturated rings. The maximum atomic E-state index is 13.1. The fraction of sp³-hybridized carbons (Fsp3) is 0.800. The molecule has 0 amide bonds. The van der Waals surface area contributed by atoms with Crippen molar-refractivity contribution in [3.8, 4) is 0 Å². The van der Waals surface area contributed by atoms with Gasteiger partial charge in [-0.25, -0.2) is 0 Å². The first-order chi connectivity index (χ1) is 10.7. The molecule has 6 atom stereocenters. The summed E-state index contributed by atoms with van der Waals surface area (Å²) in [6, 6.07) is 0. The molecule has 0 aromatic rings. The Morgan fingerprint density at radius 2 is 1.87 bits per heavy atom. The van der Waals surface area contributed by atoms with E-state index in [0.29, 0.717) is 12.2 Å². The summed E-state index contributed by atoms with van der Waals surface area (Å²) >= 11 is 0. The van der Waals surface area contributed by atoms with Gasteiger partial charge in [0.05, 0.1) is 5.41 Å². The van der Waals surface area contributed by atoms with Crippen LogP contribution in [0.5, 0.6) is 0 Å². The van der Waals surface area contributed by atoms with Crippen LogP contribution in [0.4, 0.5) is 0 Å². The Balaban J connectivity index is 1.83. The number of carbonyl (C=O) groups excluding carboxylic acids is 2. The summed E-state index contributed by atoms with van der Waals surface area (Å²) < 4.78 is 6.19. The smallest absolute Gasteiger partial charge is 0.312 e. The molecule has 0 unspecified atom stereocenters. The summed E-state index contributed by atoms with van der Waals surface area (Å²) in [6.45, 7) is 10.5. The van der Waals surface area contributed by atoms with Gasteiger partial charge in [-0.15, -0.1) is 6.58 Å². The van der Waals surface area contributed by atoms with E-state index < -0.39 is 11.0 Å². The molecule has 3 aliphatic carbocycles. The normalized spacial score (nSPS) is 54.9. The van der Waals surface area contributed by atoms with Crippen LogP contribution in [0.15, 0.2) is 12.7 Å². The first-order valence-electron chi connectivity index (χ1n) is 9.11. The number of Topliss-reactive ketones (excluding diaryl/α,β-unsaturated/α-hetero) is 1. The zero-order valence-corrected chi connectivity index (χ0v) is 14.6. The van der Waals surface area contributed by atoms with Crippen molar-refractivity contribution in [1.29, 1.82) is 0 Å². The highest BCUT2D eigenvalue weighted by Gasteiger charge is 2.75. The third-order valence-corrected chi connectivity index (χ3v) is 8.23. The zero-order valence-electron chi connectivity index (χ0n) is 14.6. The lowest BCUT2D eigenvalue weighted by atomic mass is 9.42. The minimum atomic E-state index is -0.443. The minimum absolute atomic E-state index is 0.00347. The predicted octanol–water partition coefficient (Wildman–Crippen LogP) is 4.06. The molecule has 1 heterocycles. The minimum Gasteiger partial charge on any atom is -0.458 e. The molecular formula is C20H28O3. The van der Waals surface area contributed by atoms with E-state index in [0.717, 1.165) is 38.5 Å². The molecule has 1 saturated heterocycles. The van der Waals surface area contributed by atoms with Crippen LogP contribution in [-0.2, 0) is 14.3 Å². The van der Waals surface area contributed by atoms with Crippen molar-refractivity contribution in [1.82, 2.24) is 0 Å². The van der Waals surface area contributed by atoms with Crippen molar-refractivity contribution in [2.45, 2.75) is 71.3 Å². The van der Waals surface area contributed by atoms with Crippen LogP contribution >= 0.6 is 0 Å². The maximum absolute atomic E-state index is 13.1. The summed E-state index contributed by atoms with van der Waals surface area (Å²) in [5.41, 5.74) is -1.02. The summed E-state index contributed by atoms with van der Waals surface area (Å²) in [5, 5.41) is 0. The van der Waals surface area contributed by atoms with E-state index in [1.54, 1.807) is 0 Å². The molecule has 0 N–H and O–H groups in total. The number of hydrogen-bond donors (Lipinski definition) is 0. The molecule has 23 heavy (non-hydrogen) atoms. The number of carbonyl (C=O) groups is 2. The van der Waals surface area contributed by atoms with Gasteiger partial charge in [0.1, 0.15) is 11.4 Å². The van der Waals surface area contributed by atoms with Gasteiger partial charge < -0.3 is 4.74 Å². The molecule has 126 valence electrons. The first-order valence-corrected chi connectivity index (χ1v) is 9.11. The molecule has 0 radical (unpaired) electrons. The van der Waals surface area contributed by atoms with E-state index in [1.165, 1.54) is 0 Å². The molecule has 0 aromatic heterocycles. The molecule has 3 heteroatoms. The number of fused-ring (bicyclic) bond motifs is 1. The van der Waals surface area contributed by atoms with E-state index in [-0.39, 0.29) is 28.6 Å². The standard InChI is InChI=1S/C20H28O3/c1-5-17(2)9-10-19(4)13(12-17)14(21)11-15-18(3)7-6-8-20(15,19)23-16(18)22/h5,13,15H,1,6-12H2,2-4H3/t13-,15+,17-,18+,19-,20-/m1/s1. The van der Waals surface area contributed by atoms with Crippen molar-refractivity contribution in [2.24, 2.45) is 28.1 Å². The van der Waals surface area contributed by atoms with Crippen LogP contribution in [0.2, 0.25) is 0 Å². The Kier molecular flexibility index (Phi) is 2.87. The number of allylic oxidation sites excluding steroid dienone is 1. The predicted molar refractivity (Wildman–Crippen MR) is 87.6 cm³/mol. The zero-order chi connectivity index (χ0) is 16.7. The quantitative estimate of drug-likeness (QED) is 0.541. The van der Waals surface area contributed by atoms with Crippen LogP contribution < -0.4 is 0 Å². The van der Waals surface area contributed by atoms with Gasteiger partial charge in [-0.2, -0.15) is 0 Å². The number of rotatable bonds is 1. The highest BCUT2D eigenvalue weighted by atomic mass is 16.6. The average molecular weight is 316 g/mol. The van der Waals surface area contributed by atoms with Crippen molar-refractivity contribution >= 4 is 11.8 Å². The third kappa shape index (κ3) is 1.62. The number of esters is 1. The second-order valence-corrected chi connectivity index (χ2v) is 9.31. The van der Waals surface area contributed by atoms with E-state index in [1.807, 2.05) is 13.0 Å². The Labute approximate surface area is 138 Å². The fourth-order valence-corrected chi connectivity index (χ4v) is 6.44. The molecule has 1 aliphatic heterocycles. The van der Waals surface area contributed by atoms with Crippen LogP contribution in [-0.4, -0.2) is 17.4 Å². The molecule has 0 aromatic carbocycles. The molecule has 0 spiro atoms. The van der Waals surface area contributed by atoms with E-state index in [9.17, 15) is 9.59 Å². The Morgan fingerprint density at radius 1 is 1.13 bits per heavy atom. The number of hydrogen-bond acceptors (Lipinski definition) is 3. The Hall–Kier alpha value is -1.12.